The van der Waals surface area contributed by atoms with Crippen LogP contribution in [0.3, 0.4) is 0 Å². The van der Waals surface area contributed by atoms with Crippen LogP contribution in [0.4, 0.5) is 21.7 Å². The predicted octanol–water partition coefficient (Wildman–Crippen LogP) is -0.785. The van der Waals surface area contributed by atoms with E-state index in [9.17, 15) is 21.7 Å². The Bertz CT molecular complexity index is 159. The quantitative estimate of drug-likeness (QED) is 0.443. The van der Waals surface area contributed by atoms with Crippen molar-refractivity contribution in [2.24, 2.45) is 0 Å². The molecule has 0 N–H and O–H groups in total. The van der Waals surface area contributed by atoms with E-state index in [2.05, 4.69) is 11.3 Å². The van der Waals surface area contributed by atoms with Gasteiger partial charge >= 0.3 is 58.4 Å². The molecule has 0 aliphatic rings. The average molecular weight is 228 g/mol. The molecule has 0 unspecified atom stereocenters. The summed E-state index contributed by atoms with van der Waals surface area (Å²) in [5, 5.41) is 0. The smallest absolute Gasteiger partial charge is 0.445 e. The van der Waals surface area contributed by atoms with Gasteiger partial charge in [-0.3, -0.25) is 0 Å². The van der Waals surface area contributed by atoms with Crippen molar-refractivity contribution in [2.45, 2.75) is 6.43 Å². The maximum absolute atomic E-state index is 11.7. The molecule has 0 rings (SSSR count). The standard InChI is InChI=1S/C5H7BF5O.K/c1-4(6(9,10)11)2-12-3-5(7)8;/h5H,1-3H2;/q-1;+1. The zero-order chi connectivity index (χ0) is 9.78. The fourth-order valence-corrected chi connectivity index (χ4v) is 0.374. The molecule has 0 aromatic heterocycles. The molecule has 0 saturated heterocycles. The molecule has 0 aromatic rings. The Morgan fingerprint density at radius 2 is 1.77 bits per heavy atom. The zero-order valence-corrected chi connectivity index (χ0v) is 10.2. The van der Waals surface area contributed by atoms with Crippen LogP contribution < -0.4 is 51.4 Å². The summed E-state index contributed by atoms with van der Waals surface area (Å²) in [5.41, 5.74) is -1.10. The van der Waals surface area contributed by atoms with Crippen LogP contribution in [-0.2, 0) is 4.74 Å². The molecule has 0 aromatic carbocycles. The van der Waals surface area contributed by atoms with Crippen LogP contribution in [0.15, 0.2) is 12.1 Å². The van der Waals surface area contributed by atoms with E-state index >= 15 is 0 Å². The summed E-state index contributed by atoms with van der Waals surface area (Å²) >= 11 is 0. The SMILES string of the molecule is C=C(COCC(F)F)[B-](F)(F)F.[K+]. The van der Waals surface area contributed by atoms with Crippen molar-refractivity contribution >= 4 is 6.98 Å². The molecule has 8 heteroatoms. The largest absolute Gasteiger partial charge is 1.00 e. The molecule has 0 amide bonds. The van der Waals surface area contributed by atoms with E-state index in [-0.39, 0.29) is 51.4 Å². The van der Waals surface area contributed by atoms with Crippen molar-refractivity contribution in [3.8, 4) is 0 Å². The summed E-state index contributed by atoms with van der Waals surface area (Å²) in [6, 6.07) is 0. The first-order chi connectivity index (χ1) is 5.34. The van der Waals surface area contributed by atoms with Crippen molar-refractivity contribution in [1.82, 2.24) is 0 Å². The second-order valence-corrected chi connectivity index (χ2v) is 2.14. The number of hydrogen-bond acceptors (Lipinski definition) is 1. The Morgan fingerprint density at radius 3 is 2.08 bits per heavy atom. The molecule has 0 fully saturated rings. The molecule has 13 heavy (non-hydrogen) atoms. The van der Waals surface area contributed by atoms with E-state index in [1.807, 2.05) is 0 Å². The van der Waals surface area contributed by atoms with Gasteiger partial charge in [0.05, 0.1) is 0 Å². The number of halogens is 5. The maximum atomic E-state index is 11.7. The average Bonchev–Trinajstić information content (AvgIpc) is 1.84. The summed E-state index contributed by atoms with van der Waals surface area (Å²) < 4.78 is 61.7. The Labute approximate surface area is 115 Å². The minimum absolute atomic E-state index is 0. The first-order valence-electron chi connectivity index (χ1n) is 3.07. The molecule has 0 atom stereocenters. The van der Waals surface area contributed by atoms with E-state index in [4.69, 9.17) is 0 Å². The van der Waals surface area contributed by atoms with Gasteiger partial charge in [0.2, 0.25) is 0 Å². The molecular formula is C5H7BF5KO. The molecule has 0 aliphatic heterocycles. The van der Waals surface area contributed by atoms with Gasteiger partial charge in [-0.25, -0.2) is 8.78 Å². The van der Waals surface area contributed by atoms with E-state index in [1.165, 1.54) is 0 Å². The maximum Gasteiger partial charge on any atom is 1.00 e. The van der Waals surface area contributed by atoms with Crippen LogP contribution in [0, 0.1) is 0 Å². The second kappa shape index (κ2) is 7.36. The molecule has 0 heterocycles. The molecule has 72 valence electrons. The van der Waals surface area contributed by atoms with Gasteiger partial charge in [-0.15, -0.1) is 12.1 Å². The zero-order valence-electron chi connectivity index (χ0n) is 7.07. The Balaban J connectivity index is 0. The third-order valence-electron chi connectivity index (χ3n) is 0.994. The number of alkyl halides is 2. The Morgan fingerprint density at radius 1 is 1.31 bits per heavy atom. The molecule has 0 saturated carbocycles. The molecule has 0 radical (unpaired) electrons. The van der Waals surface area contributed by atoms with Crippen LogP contribution in [0.1, 0.15) is 0 Å². The van der Waals surface area contributed by atoms with Crippen LogP contribution in [-0.4, -0.2) is 26.6 Å². The fourth-order valence-electron chi connectivity index (χ4n) is 0.374. The Kier molecular flexibility index (Phi) is 9.33. The van der Waals surface area contributed by atoms with Crippen molar-refractivity contribution in [3.05, 3.63) is 12.1 Å². The molecule has 0 spiro atoms. The Hall–Kier alpha value is 1.05. The van der Waals surface area contributed by atoms with Gasteiger partial charge in [0.1, 0.15) is 6.61 Å². The van der Waals surface area contributed by atoms with Crippen LogP contribution in [0.25, 0.3) is 0 Å². The summed E-state index contributed by atoms with van der Waals surface area (Å²) in [4.78, 5) is 0. The van der Waals surface area contributed by atoms with Crippen LogP contribution in [0.2, 0.25) is 0 Å². The summed E-state index contributed by atoms with van der Waals surface area (Å²) in [7, 11) is 0. The number of ether oxygens (including phenoxy) is 1. The van der Waals surface area contributed by atoms with Crippen LogP contribution >= 0.6 is 0 Å². The van der Waals surface area contributed by atoms with E-state index in [0.29, 0.717) is 0 Å². The molecule has 1 nitrogen and oxygen atoms in total. The van der Waals surface area contributed by atoms with E-state index < -0.39 is 32.1 Å². The van der Waals surface area contributed by atoms with Gasteiger partial charge in [-0.2, -0.15) is 0 Å². The van der Waals surface area contributed by atoms with Crippen molar-refractivity contribution in [2.75, 3.05) is 13.2 Å². The summed E-state index contributed by atoms with van der Waals surface area (Å²) in [5.74, 6) is 0. The van der Waals surface area contributed by atoms with Gasteiger partial charge in [-0.1, -0.05) is 0 Å². The number of hydrogen-bond donors (Lipinski definition) is 0. The summed E-state index contributed by atoms with van der Waals surface area (Å²) in [6.07, 6.45) is -2.75. The third kappa shape index (κ3) is 9.36. The monoisotopic (exact) mass is 228 g/mol. The minimum atomic E-state index is -5.17. The molecular weight excluding hydrogens is 221 g/mol. The van der Waals surface area contributed by atoms with Gasteiger partial charge in [-0.05, 0) is 0 Å². The fraction of sp³-hybridized carbons (Fsp3) is 0.600. The van der Waals surface area contributed by atoms with Gasteiger partial charge < -0.3 is 17.7 Å². The first kappa shape index (κ1) is 16.5. The third-order valence-corrected chi connectivity index (χ3v) is 0.994. The molecule has 0 bridgehead atoms. The second-order valence-electron chi connectivity index (χ2n) is 2.14. The van der Waals surface area contributed by atoms with Gasteiger partial charge in [0.25, 0.3) is 6.43 Å². The van der Waals surface area contributed by atoms with Gasteiger partial charge in [0, 0.05) is 6.61 Å². The molecule has 0 aliphatic carbocycles. The topological polar surface area (TPSA) is 9.23 Å². The first-order valence-corrected chi connectivity index (χ1v) is 3.07. The van der Waals surface area contributed by atoms with Crippen molar-refractivity contribution in [1.29, 1.82) is 0 Å². The van der Waals surface area contributed by atoms with E-state index in [0.717, 1.165) is 0 Å². The predicted molar refractivity (Wildman–Crippen MR) is 35.0 cm³/mol. The number of rotatable bonds is 5. The summed E-state index contributed by atoms with van der Waals surface area (Å²) in [6.45, 7) is -4.39. The van der Waals surface area contributed by atoms with Crippen LogP contribution in [0.5, 0.6) is 0 Å². The van der Waals surface area contributed by atoms with Crippen molar-refractivity contribution in [3.63, 3.8) is 0 Å². The van der Waals surface area contributed by atoms with Crippen molar-refractivity contribution < 1.29 is 77.8 Å². The van der Waals surface area contributed by atoms with Gasteiger partial charge in [0.15, 0.2) is 0 Å². The van der Waals surface area contributed by atoms with E-state index in [1.54, 1.807) is 0 Å². The normalized spacial score (nSPS) is 11.2. The minimum Gasteiger partial charge on any atom is -0.445 e.